The fourth-order valence-corrected chi connectivity index (χ4v) is 7.70. The minimum absolute atomic E-state index is 0.166. The first-order valence-corrected chi connectivity index (χ1v) is 9.86. The van der Waals surface area contributed by atoms with Crippen LogP contribution in [-0.2, 0) is 14.3 Å². The Kier molecular flexibility index (Phi) is 3.43. The van der Waals surface area contributed by atoms with Gasteiger partial charge in [0.15, 0.2) is 5.79 Å². The maximum absolute atomic E-state index is 12.3. The molecule has 5 aliphatic rings. The van der Waals surface area contributed by atoms with Crippen LogP contribution in [0.5, 0.6) is 0 Å². The Balaban J connectivity index is 1.77. The quantitative estimate of drug-likeness (QED) is 0.344. The van der Waals surface area contributed by atoms with Crippen LogP contribution < -0.4 is 0 Å². The van der Waals surface area contributed by atoms with Crippen LogP contribution in [0.2, 0.25) is 0 Å². The van der Waals surface area contributed by atoms with Crippen molar-refractivity contribution in [2.75, 3.05) is 6.61 Å². The van der Waals surface area contributed by atoms with E-state index in [-0.39, 0.29) is 36.8 Å². The zero-order valence-electron chi connectivity index (χ0n) is 15.8. The van der Waals surface area contributed by atoms with Gasteiger partial charge in [-0.05, 0) is 31.1 Å². The molecule has 2 saturated heterocycles. The molecule has 0 aromatic heterocycles. The first kappa shape index (κ1) is 18.1. The number of fused-ring (bicyclic) bond motifs is 1. The Bertz CT molecular complexity index is 736. The number of carbonyl (C=O) groups excluding carboxylic acids is 1. The molecule has 0 aromatic rings. The summed E-state index contributed by atoms with van der Waals surface area (Å²) in [5.41, 5.74) is -0.687. The van der Waals surface area contributed by atoms with Gasteiger partial charge in [-0.25, -0.2) is 0 Å². The molecular weight excluding hydrogens is 352 g/mol. The molecule has 7 heteroatoms. The Morgan fingerprint density at radius 2 is 1.93 bits per heavy atom. The lowest BCUT2D eigenvalue weighted by Crippen LogP contribution is -2.76. The Hall–Kier alpha value is -0.990. The minimum atomic E-state index is -1.84. The second kappa shape index (κ2) is 5.13. The number of ether oxygens (including phenoxy) is 2. The highest BCUT2D eigenvalue weighted by Crippen LogP contribution is 2.73. The van der Waals surface area contributed by atoms with Gasteiger partial charge < -0.3 is 29.9 Å². The molecule has 11 atom stereocenters. The number of rotatable bonds is 0. The lowest BCUT2D eigenvalue weighted by molar-refractivity contribution is -0.337. The molecule has 0 aromatic carbocycles. The molecule has 150 valence electrons. The van der Waals surface area contributed by atoms with E-state index in [0.717, 1.165) is 5.57 Å². The van der Waals surface area contributed by atoms with Crippen molar-refractivity contribution in [2.45, 2.75) is 63.8 Å². The first-order valence-electron chi connectivity index (χ1n) is 9.86. The fraction of sp³-hybridized carbons (Fsp3) is 0.850. The predicted octanol–water partition coefficient (Wildman–Crippen LogP) is -0.0420. The van der Waals surface area contributed by atoms with Gasteiger partial charge in [0.1, 0.15) is 12.2 Å². The van der Waals surface area contributed by atoms with Gasteiger partial charge in [-0.2, -0.15) is 0 Å². The molecule has 0 amide bonds. The number of hydrogen-bond donors (Lipinski definition) is 4. The van der Waals surface area contributed by atoms with Crippen molar-refractivity contribution in [1.82, 2.24) is 0 Å². The third-order valence-electron chi connectivity index (χ3n) is 8.78. The maximum atomic E-state index is 12.3. The Labute approximate surface area is 158 Å². The number of aliphatic hydroxyl groups excluding tert-OH is 3. The second-order valence-corrected chi connectivity index (χ2v) is 9.68. The molecule has 2 saturated carbocycles. The van der Waals surface area contributed by atoms with Crippen LogP contribution in [0.15, 0.2) is 11.6 Å². The number of esters is 1. The van der Waals surface area contributed by atoms with Crippen LogP contribution in [-0.4, -0.2) is 63.2 Å². The zero-order chi connectivity index (χ0) is 19.5. The van der Waals surface area contributed by atoms with Crippen LogP contribution in [0.1, 0.15) is 33.6 Å². The highest BCUT2D eigenvalue weighted by atomic mass is 16.6. The third-order valence-corrected chi connectivity index (χ3v) is 8.78. The lowest BCUT2D eigenvalue weighted by atomic mass is 9.38. The molecule has 1 spiro atoms. The summed E-state index contributed by atoms with van der Waals surface area (Å²) in [6, 6.07) is 0. The van der Waals surface area contributed by atoms with Crippen molar-refractivity contribution in [2.24, 2.45) is 34.5 Å². The number of allylic oxidation sites excluding steroid dienone is 1. The van der Waals surface area contributed by atoms with Gasteiger partial charge in [0.05, 0.1) is 18.8 Å². The Morgan fingerprint density at radius 1 is 1.22 bits per heavy atom. The zero-order valence-corrected chi connectivity index (χ0v) is 15.8. The molecule has 3 aliphatic carbocycles. The average Bonchev–Trinajstić information content (AvgIpc) is 2.90. The van der Waals surface area contributed by atoms with Gasteiger partial charge in [0, 0.05) is 23.2 Å². The molecule has 0 unspecified atom stereocenters. The van der Waals surface area contributed by atoms with Crippen molar-refractivity contribution < 1.29 is 34.7 Å². The molecule has 4 fully saturated rings. The van der Waals surface area contributed by atoms with Crippen molar-refractivity contribution in [3.8, 4) is 0 Å². The van der Waals surface area contributed by atoms with Crippen molar-refractivity contribution in [1.29, 1.82) is 0 Å². The Morgan fingerprint density at radius 3 is 2.63 bits per heavy atom. The van der Waals surface area contributed by atoms with Crippen molar-refractivity contribution in [3.05, 3.63) is 11.6 Å². The van der Waals surface area contributed by atoms with Crippen molar-refractivity contribution in [3.63, 3.8) is 0 Å². The van der Waals surface area contributed by atoms with E-state index in [2.05, 4.69) is 0 Å². The van der Waals surface area contributed by atoms with Gasteiger partial charge in [-0.15, -0.1) is 0 Å². The molecule has 2 aliphatic heterocycles. The smallest absolute Gasteiger partial charge is 0.306 e. The topological polar surface area (TPSA) is 116 Å². The monoisotopic (exact) mass is 380 g/mol. The summed E-state index contributed by atoms with van der Waals surface area (Å²) in [5, 5.41) is 44.1. The maximum Gasteiger partial charge on any atom is 0.306 e. The fourth-order valence-electron chi connectivity index (χ4n) is 7.70. The minimum Gasteiger partial charge on any atom is -0.462 e. The summed E-state index contributed by atoms with van der Waals surface area (Å²) >= 11 is 0. The van der Waals surface area contributed by atoms with Crippen LogP contribution >= 0.6 is 0 Å². The summed E-state index contributed by atoms with van der Waals surface area (Å²) in [4.78, 5) is 12.3. The predicted molar refractivity (Wildman–Crippen MR) is 92.0 cm³/mol. The van der Waals surface area contributed by atoms with Crippen LogP contribution in [0.25, 0.3) is 0 Å². The summed E-state index contributed by atoms with van der Waals surface area (Å²) in [5.74, 6) is -3.53. The summed E-state index contributed by atoms with van der Waals surface area (Å²) in [6.45, 7) is 5.79. The summed E-state index contributed by atoms with van der Waals surface area (Å²) in [6.07, 6.45) is -1.46. The van der Waals surface area contributed by atoms with E-state index >= 15 is 0 Å². The van der Waals surface area contributed by atoms with E-state index in [4.69, 9.17) is 9.47 Å². The van der Waals surface area contributed by atoms with Gasteiger partial charge in [-0.1, -0.05) is 25.5 Å². The molecule has 2 bridgehead atoms. The van der Waals surface area contributed by atoms with E-state index < -0.39 is 47.0 Å². The normalized spacial score (nSPS) is 61.6. The average molecular weight is 380 g/mol. The number of hydrogen-bond acceptors (Lipinski definition) is 7. The lowest BCUT2D eigenvalue weighted by Gasteiger charge is -2.68. The summed E-state index contributed by atoms with van der Waals surface area (Å²) in [7, 11) is 0. The van der Waals surface area contributed by atoms with Gasteiger partial charge in [0.25, 0.3) is 0 Å². The summed E-state index contributed by atoms with van der Waals surface area (Å²) < 4.78 is 11.7. The van der Waals surface area contributed by atoms with Crippen LogP contribution in [0.4, 0.5) is 0 Å². The highest BCUT2D eigenvalue weighted by Gasteiger charge is 2.81. The number of carbonyl (C=O) groups is 1. The third kappa shape index (κ3) is 1.79. The van der Waals surface area contributed by atoms with E-state index in [1.165, 1.54) is 0 Å². The largest absolute Gasteiger partial charge is 0.462 e. The van der Waals surface area contributed by atoms with Crippen LogP contribution in [0, 0.1) is 34.5 Å². The van der Waals surface area contributed by atoms with Crippen molar-refractivity contribution >= 4 is 5.97 Å². The molecule has 7 nitrogen and oxygen atoms in total. The highest BCUT2D eigenvalue weighted by molar-refractivity contribution is 5.71. The molecule has 0 radical (unpaired) electrons. The number of aliphatic hydroxyl groups is 4. The molecule has 2 heterocycles. The standard InChI is InChI=1S/C20H28O7/c1-8-4-12(21)16(24)18(3)10(8)5-13-19-7-26-20(25,17(18)19)15(23)9(2)11(19)6-14(22)27-13/h4,9-13,15-17,21,23-25H,5-7H2,1-3H3/t9-,10+,11+,12+,13-,15-,16-,17-,18-,19+,20+/m1/s1. The van der Waals surface area contributed by atoms with Gasteiger partial charge in [0.2, 0.25) is 0 Å². The van der Waals surface area contributed by atoms with E-state index in [1.807, 2.05) is 20.8 Å². The second-order valence-electron chi connectivity index (χ2n) is 9.68. The molecule has 4 N–H and O–H groups in total. The van der Waals surface area contributed by atoms with E-state index in [1.54, 1.807) is 6.08 Å². The molecule has 5 rings (SSSR count). The van der Waals surface area contributed by atoms with E-state index in [9.17, 15) is 25.2 Å². The van der Waals surface area contributed by atoms with Crippen LogP contribution in [0.3, 0.4) is 0 Å². The van der Waals surface area contributed by atoms with E-state index in [0.29, 0.717) is 6.42 Å². The SMILES string of the molecule is CC1=C[C@H](O)[C@@H](O)[C@]2(C)[C@H]3[C@@]4(O)OC[C@]35[C@@H](C[C@@H]12)OC(=O)C[C@H]5[C@@H](C)[C@H]4O. The molecular formula is C20H28O7. The van der Waals surface area contributed by atoms with Gasteiger partial charge >= 0.3 is 5.97 Å². The van der Waals surface area contributed by atoms with Gasteiger partial charge in [-0.3, -0.25) is 4.79 Å². The molecule has 27 heavy (non-hydrogen) atoms. The first-order chi connectivity index (χ1) is 12.6.